The van der Waals surface area contributed by atoms with E-state index in [1.807, 2.05) is 6.07 Å². The van der Waals surface area contributed by atoms with Crippen molar-refractivity contribution in [3.63, 3.8) is 0 Å². The van der Waals surface area contributed by atoms with Crippen LogP contribution in [0.25, 0.3) is 11.3 Å². The van der Waals surface area contributed by atoms with Gasteiger partial charge in [0.25, 0.3) is 5.91 Å². The highest BCUT2D eigenvalue weighted by Crippen LogP contribution is 2.21. The first-order valence-corrected chi connectivity index (χ1v) is 8.39. The quantitative estimate of drug-likeness (QED) is 0.494. The molecular weight excluding hydrogens is 344 g/mol. The Kier molecular flexibility index (Phi) is 5.58. The number of benzene rings is 1. The van der Waals surface area contributed by atoms with Crippen molar-refractivity contribution in [1.82, 2.24) is 15.0 Å². The van der Waals surface area contributed by atoms with Gasteiger partial charge in [-0.1, -0.05) is 6.07 Å². The molecule has 0 bridgehead atoms. The van der Waals surface area contributed by atoms with Gasteiger partial charge in [0, 0.05) is 41.3 Å². The van der Waals surface area contributed by atoms with E-state index >= 15 is 0 Å². The molecule has 27 heavy (non-hydrogen) atoms. The molecule has 3 aromatic rings. The van der Waals surface area contributed by atoms with Crippen LogP contribution in [0.5, 0.6) is 0 Å². The molecule has 0 radical (unpaired) electrons. The monoisotopic (exact) mass is 364 g/mol. The number of nitrogens with two attached hydrogens (primary N) is 1. The minimum absolute atomic E-state index is 0.0779. The summed E-state index contributed by atoms with van der Waals surface area (Å²) in [6.45, 7) is 1.72. The predicted molar refractivity (Wildman–Crippen MR) is 104 cm³/mol. The van der Waals surface area contributed by atoms with E-state index < -0.39 is 0 Å². The van der Waals surface area contributed by atoms with Gasteiger partial charge in [-0.2, -0.15) is 4.98 Å². The third kappa shape index (κ3) is 4.77. The van der Waals surface area contributed by atoms with Crippen LogP contribution in [0.2, 0.25) is 0 Å². The second-order valence-electron chi connectivity index (χ2n) is 6.01. The van der Waals surface area contributed by atoms with Crippen LogP contribution in [0, 0.1) is 0 Å². The lowest BCUT2D eigenvalue weighted by Crippen LogP contribution is -2.22. The predicted octanol–water partition coefficient (Wildman–Crippen LogP) is 2.17. The van der Waals surface area contributed by atoms with Gasteiger partial charge in [-0.25, -0.2) is 4.98 Å². The molecule has 0 fully saturated rings. The lowest BCUT2D eigenvalue weighted by molar-refractivity contribution is 0.102. The summed E-state index contributed by atoms with van der Waals surface area (Å²) in [7, 11) is 0. The number of aliphatic hydroxyl groups is 1. The minimum atomic E-state index is -0.334. The summed E-state index contributed by atoms with van der Waals surface area (Å²) >= 11 is 0. The average Bonchev–Trinajstić information content (AvgIpc) is 2.68. The Morgan fingerprint density at radius 2 is 2.07 bits per heavy atom. The van der Waals surface area contributed by atoms with Crippen LogP contribution >= 0.6 is 0 Å². The number of aromatic nitrogens is 3. The van der Waals surface area contributed by atoms with E-state index in [9.17, 15) is 9.90 Å². The number of amides is 1. The number of anilines is 3. The molecule has 0 saturated heterocycles. The van der Waals surface area contributed by atoms with Crippen molar-refractivity contribution >= 4 is 23.4 Å². The van der Waals surface area contributed by atoms with Crippen molar-refractivity contribution in [3.05, 3.63) is 60.4 Å². The molecule has 1 aromatic carbocycles. The van der Waals surface area contributed by atoms with Crippen LogP contribution in [-0.2, 0) is 0 Å². The Morgan fingerprint density at radius 1 is 1.22 bits per heavy atom. The van der Waals surface area contributed by atoms with Crippen LogP contribution in [0.15, 0.2) is 54.9 Å². The number of nitrogens with one attached hydrogen (secondary N) is 2. The molecule has 2 aromatic heterocycles. The van der Waals surface area contributed by atoms with Crippen LogP contribution in [-0.4, -0.2) is 38.6 Å². The zero-order valence-corrected chi connectivity index (χ0v) is 14.8. The summed E-state index contributed by atoms with van der Waals surface area (Å²) in [5, 5.41) is 15.0. The number of rotatable bonds is 6. The number of pyridine rings is 1. The fraction of sp³-hybridized carbons (Fsp3) is 0.158. The number of aliphatic hydroxyl groups excluding tert-OH is 1. The van der Waals surface area contributed by atoms with Gasteiger partial charge in [0.1, 0.15) is 5.82 Å². The highest BCUT2D eigenvalue weighted by atomic mass is 16.3. The summed E-state index contributed by atoms with van der Waals surface area (Å²) in [6, 6.07) is 11.8. The van der Waals surface area contributed by atoms with E-state index in [1.165, 1.54) is 0 Å². The second kappa shape index (κ2) is 8.24. The largest absolute Gasteiger partial charge is 0.399 e. The molecule has 2 heterocycles. The van der Waals surface area contributed by atoms with Crippen LogP contribution in [0.1, 0.15) is 17.3 Å². The highest BCUT2D eigenvalue weighted by molar-refractivity contribution is 6.04. The molecule has 0 aliphatic carbocycles. The van der Waals surface area contributed by atoms with Crippen molar-refractivity contribution < 1.29 is 9.90 Å². The number of nitrogens with zero attached hydrogens (tertiary/aromatic N) is 3. The van der Waals surface area contributed by atoms with Crippen LogP contribution in [0.3, 0.4) is 0 Å². The molecule has 0 aliphatic rings. The topological polar surface area (TPSA) is 126 Å². The second-order valence-corrected chi connectivity index (χ2v) is 6.01. The molecule has 138 valence electrons. The van der Waals surface area contributed by atoms with E-state index in [4.69, 9.17) is 5.73 Å². The summed E-state index contributed by atoms with van der Waals surface area (Å²) < 4.78 is 0. The van der Waals surface area contributed by atoms with Crippen LogP contribution < -0.4 is 16.4 Å². The third-order valence-electron chi connectivity index (χ3n) is 3.72. The summed E-state index contributed by atoms with van der Waals surface area (Å²) in [4.78, 5) is 25.4. The molecule has 0 saturated carbocycles. The first kappa shape index (κ1) is 18.3. The third-order valence-corrected chi connectivity index (χ3v) is 3.72. The molecule has 0 spiro atoms. The maximum atomic E-state index is 12.5. The van der Waals surface area contributed by atoms with Gasteiger partial charge in [-0.05, 0) is 37.3 Å². The summed E-state index contributed by atoms with van der Waals surface area (Å²) in [5.74, 6) is 0.281. The Balaban J connectivity index is 1.93. The molecule has 5 N–H and O–H groups in total. The number of carbonyl (C=O) groups is 1. The maximum Gasteiger partial charge on any atom is 0.256 e. The van der Waals surface area contributed by atoms with Crippen LogP contribution in [0.4, 0.5) is 17.5 Å². The first-order chi connectivity index (χ1) is 13.0. The molecular formula is C19H20N6O2. The van der Waals surface area contributed by atoms with Gasteiger partial charge in [-0.15, -0.1) is 0 Å². The zero-order chi connectivity index (χ0) is 19.2. The number of nitrogen functional groups attached to an aromatic ring is 1. The Morgan fingerprint density at radius 3 is 2.78 bits per heavy atom. The van der Waals surface area contributed by atoms with Gasteiger partial charge in [0.2, 0.25) is 5.95 Å². The van der Waals surface area contributed by atoms with Gasteiger partial charge in [0.15, 0.2) is 0 Å². The van der Waals surface area contributed by atoms with Crippen molar-refractivity contribution in [2.24, 2.45) is 0 Å². The number of hydrogen-bond acceptors (Lipinski definition) is 7. The summed E-state index contributed by atoms with van der Waals surface area (Å²) in [5.41, 5.74) is 8.03. The standard InChI is InChI=1S/C19H20N6O2/c1-12(11-26)22-19-23-16(14-5-3-7-21-10-14)9-17(25-19)24-18(27)13-4-2-6-15(20)8-13/h2-10,12,26H,11,20H2,1H3,(H2,22,23,24,25,27)/t12-/m0/s1. The van der Waals surface area contributed by atoms with Crippen molar-refractivity contribution in [1.29, 1.82) is 0 Å². The molecule has 0 aliphatic heterocycles. The summed E-state index contributed by atoms with van der Waals surface area (Å²) in [6.07, 6.45) is 3.34. The SMILES string of the molecule is C[C@@H](CO)Nc1nc(NC(=O)c2cccc(N)c2)cc(-c2cccnc2)n1. The number of carbonyl (C=O) groups excluding carboxylic acids is 1. The smallest absolute Gasteiger partial charge is 0.256 e. The van der Waals surface area contributed by atoms with E-state index in [2.05, 4.69) is 25.6 Å². The van der Waals surface area contributed by atoms with Crippen molar-refractivity contribution in [2.45, 2.75) is 13.0 Å². The Hall–Kier alpha value is -3.52. The van der Waals surface area contributed by atoms with E-state index in [0.29, 0.717) is 28.7 Å². The van der Waals surface area contributed by atoms with Gasteiger partial charge < -0.3 is 21.5 Å². The van der Waals surface area contributed by atoms with Gasteiger partial charge in [-0.3, -0.25) is 9.78 Å². The van der Waals surface area contributed by atoms with Gasteiger partial charge >= 0.3 is 0 Å². The molecule has 1 amide bonds. The number of hydrogen-bond donors (Lipinski definition) is 4. The molecule has 1 atom stereocenters. The Bertz CT molecular complexity index is 932. The zero-order valence-electron chi connectivity index (χ0n) is 14.8. The normalized spacial score (nSPS) is 11.6. The molecule has 8 heteroatoms. The van der Waals surface area contributed by atoms with E-state index in [-0.39, 0.29) is 18.6 Å². The van der Waals surface area contributed by atoms with Crippen molar-refractivity contribution in [3.8, 4) is 11.3 Å². The lowest BCUT2D eigenvalue weighted by atomic mass is 10.2. The first-order valence-electron chi connectivity index (χ1n) is 8.39. The molecule has 0 unspecified atom stereocenters. The van der Waals surface area contributed by atoms with E-state index in [1.54, 1.807) is 55.7 Å². The van der Waals surface area contributed by atoms with Gasteiger partial charge in [0.05, 0.1) is 12.3 Å². The highest BCUT2D eigenvalue weighted by Gasteiger charge is 2.12. The Labute approximate surface area is 156 Å². The fourth-order valence-electron chi connectivity index (χ4n) is 2.37. The average molecular weight is 364 g/mol. The fourth-order valence-corrected chi connectivity index (χ4v) is 2.37. The molecule has 8 nitrogen and oxygen atoms in total. The minimum Gasteiger partial charge on any atom is -0.399 e. The maximum absolute atomic E-state index is 12.5. The molecule has 3 rings (SSSR count). The van der Waals surface area contributed by atoms with Crippen molar-refractivity contribution in [2.75, 3.05) is 23.0 Å². The van der Waals surface area contributed by atoms with E-state index in [0.717, 1.165) is 5.56 Å². The lowest BCUT2D eigenvalue weighted by Gasteiger charge is -2.14.